The summed E-state index contributed by atoms with van der Waals surface area (Å²) in [5, 5.41) is 6.97. The third-order valence-electron chi connectivity index (χ3n) is 4.19. The minimum Gasteiger partial charge on any atom is -0.412 e. The maximum Gasteiger partial charge on any atom is 0.116 e. The highest BCUT2D eigenvalue weighted by atomic mass is 32.4. The van der Waals surface area contributed by atoms with Crippen LogP contribution in [-0.2, 0) is 44.0 Å². The molecule has 0 unspecified atom stereocenters. The van der Waals surface area contributed by atoms with E-state index in [1.54, 1.807) is 0 Å². The van der Waals surface area contributed by atoms with E-state index < -0.39 is 6.34 Å². The molecule has 0 saturated heterocycles. The molecule has 3 rings (SSSR count). The zero-order valence-electron chi connectivity index (χ0n) is 17.3. The van der Waals surface area contributed by atoms with Crippen LogP contribution in [0, 0.1) is 0 Å². The highest BCUT2D eigenvalue weighted by Gasteiger charge is 2.11. The highest BCUT2D eigenvalue weighted by molar-refractivity contribution is 8.15. The van der Waals surface area contributed by atoms with Crippen molar-refractivity contribution in [1.29, 1.82) is 0 Å². The van der Waals surface area contributed by atoms with Crippen molar-refractivity contribution in [1.82, 2.24) is 0 Å². The van der Waals surface area contributed by atoms with Crippen LogP contribution < -0.4 is 10.2 Å². The lowest BCUT2D eigenvalue weighted by Crippen LogP contribution is -2.11. The Kier molecular flexibility index (Phi) is 10.7. The van der Waals surface area contributed by atoms with Crippen molar-refractivity contribution in [3.05, 3.63) is 59.7 Å². The van der Waals surface area contributed by atoms with E-state index in [9.17, 15) is 0 Å². The lowest BCUT2D eigenvalue weighted by Gasteiger charge is -2.23. The molecule has 2 aromatic carbocycles. The number of rotatable bonds is 0. The van der Waals surface area contributed by atoms with Crippen LogP contribution in [0.5, 0.6) is 0 Å². The molecular formula is C21H31N2O5PS. The summed E-state index contributed by atoms with van der Waals surface area (Å²) >= 11 is 5.84. The van der Waals surface area contributed by atoms with E-state index in [4.69, 9.17) is 30.8 Å². The van der Waals surface area contributed by atoms with Crippen molar-refractivity contribution in [2.75, 3.05) is 56.5 Å². The Hall–Kier alpha value is -1.51. The van der Waals surface area contributed by atoms with E-state index >= 15 is 0 Å². The van der Waals surface area contributed by atoms with Gasteiger partial charge in [-0.1, -0.05) is 36.1 Å². The summed E-state index contributed by atoms with van der Waals surface area (Å²) in [6.07, 6.45) is -2.03. The van der Waals surface area contributed by atoms with Gasteiger partial charge in [0.2, 0.25) is 0 Å². The number of hydrogen-bond acceptors (Lipinski definition) is 5. The smallest absolute Gasteiger partial charge is 0.116 e. The average molecular weight is 455 g/mol. The van der Waals surface area contributed by atoms with Crippen molar-refractivity contribution >= 4 is 29.5 Å². The van der Waals surface area contributed by atoms with E-state index in [2.05, 4.69) is 22.3 Å². The van der Waals surface area contributed by atoms with Gasteiger partial charge in [0.15, 0.2) is 0 Å². The zero-order chi connectivity index (χ0) is 20.4. The van der Waals surface area contributed by atoms with Gasteiger partial charge >= 0.3 is 0 Å². The summed E-state index contributed by atoms with van der Waals surface area (Å²) in [6, 6.07) is 16.3. The normalized spacial score (nSPS) is 18.6. The summed E-state index contributed by atoms with van der Waals surface area (Å²) in [5.41, 5.74) is 4.17. The standard InChI is InChI=1S/C21H29N2O4PS.H2O/c1-28(29)22-20-6-2-4-18(14-20)16-26-12-10-24-8-9-25-11-13-27-17-19-5-3-7-21(15-19)23-28;/h2-7,14-15H,8-13,16-17H2,1H3,(H2,22,23,29);1H2. The minimum absolute atomic E-state index is 0. The van der Waals surface area contributed by atoms with E-state index in [-0.39, 0.29) is 5.48 Å². The average Bonchev–Trinajstić information content (AvgIpc) is 2.68. The molecule has 0 fully saturated rings. The molecule has 0 radical (unpaired) electrons. The molecule has 0 atom stereocenters. The predicted molar refractivity (Wildman–Crippen MR) is 125 cm³/mol. The maximum absolute atomic E-state index is 5.84. The molecule has 1 heterocycles. The Morgan fingerprint density at radius 1 is 0.700 bits per heavy atom. The van der Waals surface area contributed by atoms with Crippen LogP contribution >= 0.6 is 6.34 Å². The van der Waals surface area contributed by atoms with Gasteiger partial charge in [-0.25, -0.2) is 0 Å². The molecule has 0 saturated carbocycles. The molecule has 30 heavy (non-hydrogen) atoms. The van der Waals surface area contributed by atoms with Gasteiger partial charge in [-0.2, -0.15) is 0 Å². The minimum atomic E-state index is -2.03. The topological polar surface area (TPSA) is 92.5 Å². The molecular weight excluding hydrogens is 423 g/mol. The Balaban J connectivity index is 0.00000320. The summed E-state index contributed by atoms with van der Waals surface area (Å²) in [7, 11) is 0. The molecule has 2 aromatic rings. The largest absolute Gasteiger partial charge is 0.412 e. The molecule has 4 bridgehead atoms. The van der Waals surface area contributed by atoms with Crippen LogP contribution in [0.2, 0.25) is 0 Å². The van der Waals surface area contributed by atoms with Crippen LogP contribution in [0.3, 0.4) is 0 Å². The second-order valence-electron chi connectivity index (χ2n) is 6.88. The Labute approximate surface area is 183 Å². The molecule has 9 heteroatoms. The van der Waals surface area contributed by atoms with Gasteiger partial charge in [-0.3, -0.25) is 0 Å². The molecule has 0 aromatic heterocycles. The highest BCUT2D eigenvalue weighted by Crippen LogP contribution is 2.42. The summed E-state index contributed by atoms with van der Waals surface area (Å²) in [4.78, 5) is 0. The first-order valence-corrected chi connectivity index (χ1v) is 13.0. The number of nitrogens with one attached hydrogen (secondary N) is 2. The van der Waals surface area contributed by atoms with Crippen molar-refractivity contribution < 1.29 is 24.4 Å². The predicted octanol–water partition coefficient (Wildman–Crippen LogP) is 3.41. The molecule has 4 N–H and O–H groups in total. The van der Waals surface area contributed by atoms with E-state index in [1.807, 2.05) is 43.1 Å². The van der Waals surface area contributed by atoms with Gasteiger partial charge in [-0.15, -0.1) is 0 Å². The van der Waals surface area contributed by atoms with E-state index in [1.165, 1.54) is 0 Å². The first-order chi connectivity index (χ1) is 14.1. The lowest BCUT2D eigenvalue weighted by atomic mass is 10.2. The number of fused-ring (bicyclic) bond motifs is 4. The zero-order valence-corrected chi connectivity index (χ0v) is 19.0. The van der Waals surface area contributed by atoms with Gasteiger partial charge in [0, 0.05) is 11.4 Å². The Morgan fingerprint density at radius 2 is 1.10 bits per heavy atom. The fraction of sp³-hybridized carbons (Fsp3) is 0.429. The number of ether oxygens (including phenoxy) is 4. The number of anilines is 2. The first-order valence-electron chi connectivity index (χ1n) is 9.74. The molecule has 0 spiro atoms. The van der Waals surface area contributed by atoms with Crippen molar-refractivity contribution in [3.63, 3.8) is 0 Å². The Bertz CT molecular complexity index is 760. The van der Waals surface area contributed by atoms with Crippen molar-refractivity contribution in [3.8, 4) is 0 Å². The summed E-state index contributed by atoms with van der Waals surface area (Å²) in [6.45, 7) is 6.41. The van der Waals surface area contributed by atoms with Gasteiger partial charge in [0.05, 0.1) is 52.9 Å². The first kappa shape index (κ1) is 24.8. The third-order valence-corrected chi connectivity index (χ3v) is 6.11. The van der Waals surface area contributed by atoms with Gasteiger partial charge in [-0.05, 0) is 42.1 Å². The Morgan fingerprint density at radius 3 is 1.53 bits per heavy atom. The van der Waals surface area contributed by atoms with Gasteiger partial charge in [0.1, 0.15) is 6.34 Å². The molecule has 1 aliphatic rings. The third kappa shape index (κ3) is 9.10. The van der Waals surface area contributed by atoms with Crippen LogP contribution in [0.15, 0.2) is 48.5 Å². The fourth-order valence-corrected chi connectivity index (χ4v) is 4.87. The van der Waals surface area contributed by atoms with Crippen LogP contribution in [-0.4, -0.2) is 51.8 Å². The quantitative estimate of drug-likeness (QED) is 0.590. The van der Waals surface area contributed by atoms with Crippen molar-refractivity contribution in [2.24, 2.45) is 0 Å². The van der Waals surface area contributed by atoms with Crippen LogP contribution in [0.4, 0.5) is 11.4 Å². The molecule has 0 aliphatic carbocycles. The second kappa shape index (κ2) is 13.0. The number of hydrogen-bond donors (Lipinski definition) is 2. The lowest BCUT2D eigenvalue weighted by molar-refractivity contribution is -0.00617. The molecule has 1 aliphatic heterocycles. The van der Waals surface area contributed by atoms with Gasteiger partial charge in [0.25, 0.3) is 0 Å². The van der Waals surface area contributed by atoms with E-state index in [0.29, 0.717) is 52.9 Å². The summed E-state index contributed by atoms with van der Waals surface area (Å²) in [5.74, 6) is 0. The van der Waals surface area contributed by atoms with Crippen LogP contribution in [0.1, 0.15) is 11.1 Å². The number of benzene rings is 2. The fourth-order valence-electron chi connectivity index (χ4n) is 2.92. The van der Waals surface area contributed by atoms with Crippen LogP contribution in [0.25, 0.3) is 0 Å². The molecule has 0 amide bonds. The second-order valence-corrected chi connectivity index (χ2v) is 11.4. The molecule has 7 nitrogen and oxygen atoms in total. The summed E-state index contributed by atoms with van der Waals surface area (Å²) < 4.78 is 22.5. The van der Waals surface area contributed by atoms with E-state index in [0.717, 1.165) is 22.5 Å². The maximum atomic E-state index is 5.84. The SMILES string of the molecule is CP1(=S)Nc2cccc(c2)COCCOCCOCCOCc2cccc(c2)N1.O. The molecule has 166 valence electrons. The van der Waals surface area contributed by atoms with Crippen molar-refractivity contribution in [2.45, 2.75) is 13.2 Å². The monoisotopic (exact) mass is 454 g/mol. The van der Waals surface area contributed by atoms with Gasteiger partial charge < -0.3 is 34.6 Å².